The molecular weight excluding hydrogens is 619 g/mol. The van der Waals surface area contributed by atoms with Crippen LogP contribution in [0.2, 0.25) is 0 Å². The van der Waals surface area contributed by atoms with Crippen molar-refractivity contribution >= 4 is 54.4 Å². The molecule has 0 saturated carbocycles. The fraction of sp³-hybridized carbons (Fsp3) is 0.0417. The molecule has 240 valence electrons. The van der Waals surface area contributed by atoms with Gasteiger partial charge in [0.15, 0.2) is 5.82 Å². The molecule has 2 heterocycles. The average Bonchev–Trinajstić information content (AvgIpc) is 3.51. The highest BCUT2D eigenvalue weighted by Crippen LogP contribution is 2.42. The Morgan fingerprint density at radius 1 is 0.490 bits per heavy atom. The Balaban J connectivity index is 1.25. The van der Waals surface area contributed by atoms with E-state index in [2.05, 4.69) is 157 Å². The predicted molar refractivity (Wildman–Crippen MR) is 214 cm³/mol. The second-order valence-corrected chi connectivity index (χ2v) is 13.5. The van der Waals surface area contributed by atoms with Crippen LogP contribution in [0.25, 0.3) is 82.6 Å². The van der Waals surface area contributed by atoms with E-state index >= 15 is 0 Å². The van der Waals surface area contributed by atoms with Gasteiger partial charge in [-0.05, 0) is 93.0 Å². The molecule has 3 heteroatoms. The van der Waals surface area contributed by atoms with Crippen molar-refractivity contribution < 1.29 is 0 Å². The molecule has 0 N–H and O–H groups in total. The zero-order chi connectivity index (χ0) is 33.9. The fourth-order valence-electron chi connectivity index (χ4n) is 7.90. The van der Waals surface area contributed by atoms with Crippen LogP contribution < -0.4 is 0 Å². The fourth-order valence-corrected chi connectivity index (χ4v) is 7.90. The van der Waals surface area contributed by atoms with Crippen LogP contribution in [0.5, 0.6) is 0 Å². The summed E-state index contributed by atoms with van der Waals surface area (Å²) in [5.41, 5.74) is 12.3. The van der Waals surface area contributed by atoms with Crippen LogP contribution in [0, 0.1) is 6.92 Å². The smallest absolute Gasteiger partial charge is 0.165 e. The van der Waals surface area contributed by atoms with Gasteiger partial charge in [-0.15, -0.1) is 0 Å². The van der Waals surface area contributed by atoms with Gasteiger partial charge in [-0.3, -0.25) is 4.57 Å². The van der Waals surface area contributed by atoms with Crippen LogP contribution in [0.4, 0.5) is 0 Å². The van der Waals surface area contributed by atoms with Crippen LogP contribution in [0.3, 0.4) is 0 Å². The van der Waals surface area contributed by atoms with E-state index in [0.29, 0.717) is 0 Å². The van der Waals surface area contributed by atoms with Crippen LogP contribution in [0.15, 0.2) is 170 Å². The van der Waals surface area contributed by atoms with E-state index < -0.39 is 0 Å². The summed E-state index contributed by atoms with van der Waals surface area (Å²) in [6.45, 7) is 2.24. The molecule has 10 aromatic rings. The molecule has 0 aliphatic rings. The number of rotatable bonds is 5. The summed E-state index contributed by atoms with van der Waals surface area (Å²) in [6.07, 6.45) is 0.857. The molecular formula is C48H33N3. The number of hydrogen-bond acceptors (Lipinski definition) is 2. The highest BCUT2D eigenvalue weighted by atomic mass is 15.1. The number of fused-ring (bicyclic) bond motifs is 7. The monoisotopic (exact) mass is 651 g/mol. The molecule has 8 aromatic carbocycles. The lowest BCUT2D eigenvalue weighted by atomic mass is 9.90. The summed E-state index contributed by atoms with van der Waals surface area (Å²) in [7, 11) is 0. The molecule has 3 nitrogen and oxygen atoms in total. The third-order valence-electron chi connectivity index (χ3n) is 10.3. The number of aromatic nitrogens is 3. The molecule has 0 radical (unpaired) electrons. The maximum atomic E-state index is 5.37. The van der Waals surface area contributed by atoms with Crippen molar-refractivity contribution in [3.8, 4) is 28.2 Å². The van der Waals surface area contributed by atoms with Gasteiger partial charge in [0.25, 0.3) is 0 Å². The van der Waals surface area contributed by atoms with Crippen LogP contribution in [-0.2, 0) is 6.42 Å². The lowest BCUT2D eigenvalue weighted by molar-refractivity contribution is 1.08. The molecule has 0 atom stereocenters. The third-order valence-corrected chi connectivity index (χ3v) is 10.3. The number of aryl methyl sites for hydroxylation is 1. The molecule has 0 bridgehead atoms. The maximum Gasteiger partial charge on any atom is 0.165 e. The Bertz CT molecular complexity index is 2950. The Labute approximate surface area is 296 Å². The van der Waals surface area contributed by atoms with E-state index in [9.17, 15) is 0 Å². The third kappa shape index (κ3) is 4.89. The van der Waals surface area contributed by atoms with Crippen LogP contribution >= 0.6 is 0 Å². The molecule has 0 unspecified atom stereocenters. The van der Waals surface area contributed by atoms with Gasteiger partial charge >= 0.3 is 0 Å². The molecule has 51 heavy (non-hydrogen) atoms. The van der Waals surface area contributed by atoms with Crippen molar-refractivity contribution in [1.29, 1.82) is 0 Å². The van der Waals surface area contributed by atoms with Gasteiger partial charge < -0.3 is 0 Å². The van der Waals surface area contributed by atoms with Gasteiger partial charge in [0.2, 0.25) is 0 Å². The quantitative estimate of drug-likeness (QED) is 0.185. The summed E-state index contributed by atoms with van der Waals surface area (Å²) >= 11 is 0. The van der Waals surface area contributed by atoms with Gasteiger partial charge in [0.1, 0.15) is 5.69 Å². The summed E-state index contributed by atoms with van der Waals surface area (Å²) in [5, 5.41) is 7.42. The lowest BCUT2D eigenvalue weighted by Gasteiger charge is -2.15. The second kappa shape index (κ2) is 11.8. The first kappa shape index (κ1) is 29.3. The Morgan fingerprint density at radius 2 is 1.18 bits per heavy atom. The molecule has 0 amide bonds. The molecule has 0 spiro atoms. The highest BCUT2D eigenvalue weighted by Gasteiger charge is 2.22. The zero-order valence-electron chi connectivity index (χ0n) is 28.2. The first-order valence-corrected chi connectivity index (χ1v) is 17.5. The minimum atomic E-state index is 0.832. The van der Waals surface area contributed by atoms with E-state index in [1.807, 2.05) is 24.3 Å². The van der Waals surface area contributed by atoms with Crippen LogP contribution in [0.1, 0.15) is 16.7 Å². The maximum absolute atomic E-state index is 5.37. The molecule has 0 fully saturated rings. The number of nitrogens with zero attached hydrogens (tertiary/aromatic N) is 3. The predicted octanol–water partition coefficient (Wildman–Crippen LogP) is 12.3. The average molecular weight is 652 g/mol. The van der Waals surface area contributed by atoms with E-state index in [-0.39, 0.29) is 0 Å². The van der Waals surface area contributed by atoms with Crippen molar-refractivity contribution in [2.45, 2.75) is 13.3 Å². The largest absolute Gasteiger partial charge is 0.292 e. The van der Waals surface area contributed by atoms with E-state index in [0.717, 1.165) is 45.6 Å². The van der Waals surface area contributed by atoms with Crippen molar-refractivity contribution in [3.05, 3.63) is 187 Å². The molecule has 0 saturated heterocycles. The van der Waals surface area contributed by atoms with Gasteiger partial charge in [-0.25, -0.2) is 9.97 Å². The topological polar surface area (TPSA) is 30.7 Å². The molecule has 0 aliphatic heterocycles. The minimum absolute atomic E-state index is 0.832. The number of hydrogen-bond donors (Lipinski definition) is 0. The van der Waals surface area contributed by atoms with Gasteiger partial charge in [-0.2, -0.15) is 0 Å². The van der Waals surface area contributed by atoms with Crippen molar-refractivity contribution in [2.75, 3.05) is 0 Å². The van der Waals surface area contributed by atoms with Crippen molar-refractivity contribution in [3.63, 3.8) is 0 Å². The molecule has 2 aromatic heterocycles. The minimum Gasteiger partial charge on any atom is -0.292 e. The standard InChI is InChI=1S/C48H33N3/c1-31-27-45-41(30-40(31)38-19-9-8-18-37(38)29-32-23-24-33-13-5-6-17-36(33)28-32)46-39-20-10-7-14-34(39)25-26-44(46)51(45)48-47(35-15-3-2-4-16-35)49-42-21-11-12-22-43(42)50-48/h2-28,30H,29H2,1H3. The molecule has 10 rings (SSSR count). The summed E-state index contributed by atoms with van der Waals surface area (Å²) in [5.74, 6) is 0.832. The van der Waals surface area contributed by atoms with E-state index in [1.54, 1.807) is 0 Å². The van der Waals surface area contributed by atoms with E-state index in [4.69, 9.17) is 9.97 Å². The first-order chi connectivity index (χ1) is 25.2. The highest BCUT2D eigenvalue weighted by molar-refractivity contribution is 6.22. The Morgan fingerprint density at radius 3 is 2.04 bits per heavy atom. The van der Waals surface area contributed by atoms with Gasteiger partial charge in [0.05, 0.1) is 22.1 Å². The van der Waals surface area contributed by atoms with Crippen molar-refractivity contribution in [1.82, 2.24) is 14.5 Å². The summed E-state index contributed by atoms with van der Waals surface area (Å²) in [4.78, 5) is 10.6. The number of para-hydroxylation sites is 2. The zero-order valence-corrected chi connectivity index (χ0v) is 28.2. The summed E-state index contributed by atoms with van der Waals surface area (Å²) in [6, 6.07) is 60.9. The normalized spacial score (nSPS) is 11.7. The van der Waals surface area contributed by atoms with Crippen LogP contribution in [-0.4, -0.2) is 14.5 Å². The van der Waals surface area contributed by atoms with Crippen molar-refractivity contribution in [2.24, 2.45) is 0 Å². The van der Waals surface area contributed by atoms with Gasteiger partial charge in [-0.1, -0.05) is 140 Å². The second-order valence-electron chi connectivity index (χ2n) is 13.5. The number of benzene rings is 8. The van der Waals surface area contributed by atoms with E-state index in [1.165, 1.54) is 60.1 Å². The Kier molecular flexibility index (Phi) is 6.78. The van der Waals surface area contributed by atoms with Gasteiger partial charge in [0, 0.05) is 16.3 Å². The molecule has 0 aliphatic carbocycles. The SMILES string of the molecule is Cc1cc2c(cc1-c1ccccc1Cc1ccc3ccccc3c1)c1c3ccccc3ccc1n2-c1nc2ccccc2nc1-c1ccccc1. The first-order valence-electron chi connectivity index (χ1n) is 17.5. The Hall–Kier alpha value is -6.58. The lowest BCUT2D eigenvalue weighted by Crippen LogP contribution is -2.04. The summed E-state index contributed by atoms with van der Waals surface area (Å²) < 4.78 is 2.34.